The van der Waals surface area contributed by atoms with Gasteiger partial charge in [0.2, 0.25) is 11.8 Å². The molecule has 1 saturated carbocycles. The first-order chi connectivity index (χ1) is 10.2. The van der Waals surface area contributed by atoms with Crippen molar-refractivity contribution in [2.45, 2.75) is 45.4 Å². The number of pyridine rings is 1. The molecule has 1 fully saturated rings. The molecule has 1 amide bonds. The Labute approximate surface area is 126 Å². The number of anilines is 1. The molecule has 0 saturated heterocycles. The molecule has 1 aliphatic rings. The molecule has 116 valence electrons. The van der Waals surface area contributed by atoms with E-state index < -0.39 is 5.41 Å². The molecule has 3 N–H and O–H groups in total. The van der Waals surface area contributed by atoms with Gasteiger partial charge in [0.15, 0.2) is 0 Å². The highest BCUT2D eigenvalue weighted by Crippen LogP contribution is 2.35. The maximum atomic E-state index is 12.6. The Morgan fingerprint density at radius 2 is 2.05 bits per heavy atom. The van der Waals surface area contributed by atoms with Crippen molar-refractivity contribution in [1.29, 1.82) is 0 Å². The molecular weight excluding hydrogens is 266 g/mol. The standard InChI is InChI=1S/C16H25N3O2/c1-2-21-14-8-7-13(11-18-14)19-15(20)16(12-17)9-5-3-4-6-10-16/h7-8,11H,2-6,9-10,12,17H2,1H3,(H,19,20). The Morgan fingerprint density at radius 3 is 2.57 bits per heavy atom. The van der Waals surface area contributed by atoms with Crippen molar-refractivity contribution in [2.75, 3.05) is 18.5 Å². The summed E-state index contributed by atoms with van der Waals surface area (Å²) in [6, 6.07) is 3.58. The number of aromatic nitrogens is 1. The predicted molar refractivity (Wildman–Crippen MR) is 83.2 cm³/mol. The Kier molecular flexibility index (Phi) is 5.56. The van der Waals surface area contributed by atoms with Gasteiger partial charge in [-0.3, -0.25) is 4.79 Å². The summed E-state index contributed by atoms with van der Waals surface area (Å²) in [5.41, 5.74) is 6.20. The second-order valence-electron chi connectivity index (χ2n) is 5.67. The van der Waals surface area contributed by atoms with Gasteiger partial charge in [-0.15, -0.1) is 0 Å². The van der Waals surface area contributed by atoms with Gasteiger partial charge in [0.05, 0.1) is 23.9 Å². The van der Waals surface area contributed by atoms with Crippen LogP contribution in [0.1, 0.15) is 45.4 Å². The van der Waals surface area contributed by atoms with Crippen LogP contribution in [0.25, 0.3) is 0 Å². The third-order valence-corrected chi connectivity index (χ3v) is 4.22. The minimum atomic E-state index is -0.422. The molecule has 2 rings (SSSR count). The van der Waals surface area contributed by atoms with Gasteiger partial charge in [-0.2, -0.15) is 0 Å². The van der Waals surface area contributed by atoms with Crippen molar-refractivity contribution in [3.05, 3.63) is 18.3 Å². The fraction of sp³-hybridized carbons (Fsp3) is 0.625. The van der Waals surface area contributed by atoms with Gasteiger partial charge < -0.3 is 15.8 Å². The summed E-state index contributed by atoms with van der Waals surface area (Å²) in [5.74, 6) is 0.594. The molecule has 0 spiro atoms. The van der Waals surface area contributed by atoms with E-state index in [4.69, 9.17) is 10.5 Å². The third kappa shape index (κ3) is 3.94. The summed E-state index contributed by atoms with van der Waals surface area (Å²) in [5, 5.41) is 2.96. The number of hydrogen-bond donors (Lipinski definition) is 2. The molecule has 21 heavy (non-hydrogen) atoms. The van der Waals surface area contributed by atoms with Crippen LogP contribution in [0.5, 0.6) is 5.88 Å². The van der Waals surface area contributed by atoms with E-state index in [9.17, 15) is 4.79 Å². The number of hydrogen-bond acceptors (Lipinski definition) is 4. The van der Waals surface area contributed by atoms with Gasteiger partial charge in [-0.25, -0.2) is 4.98 Å². The van der Waals surface area contributed by atoms with Crippen LogP contribution < -0.4 is 15.8 Å². The van der Waals surface area contributed by atoms with Crippen LogP contribution in [-0.2, 0) is 4.79 Å². The van der Waals surface area contributed by atoms with Crippen LogP contribution in [0.4, 0.5) is 5.69 Å². The van der Waals surface area contributed by atoms with Crippen molar-refractivity contribution < 1.29 is 9.53 Å². The first-order valence-corrected chi connectivity index (χ1v) is 7.80. The topological polar surface area (TPSA) is 77.2 Å². The molecule has 1 aromatic rings. The SMILES string of the molecule is CCOc1ccc(NC(=O)C2(CN)CCCCCC2)cn1. The Balaban J connectivity index is 2.04. The molecule has 1 aromatic heterocycles. The molecule has 0 radical (unpaired) electrons. The Bertz CT molecular complexity index is 451. The lowest BCUT2D eigenvalue weighted by Gasteiger charge is -2.29. The van der Waals surface area contributed by atoms with Gasteiger partial charge in [-0.05, 0) is 25.8 Å². The van der Waals surface area contributed by atoms with E-state index in [0.29, 0.717) is 24.7 Å². The highest BCUT2D eigenvalue weighted by Gasteiger charge is 2.37. The van der Waals surface area contributed by atoms with E-state index in [0.717, 1.165) is 25.7 Å². The van der Waals surface area contributed by atoms with Crippen molar-refractivity contribution >= 4 is 11.6 Å². The molecule has 5 heteroatoms. The second-order valence-corrected chi connectivity index (χ2v) is 5.67. The van der Waals surface area contributed by atoms with Crippen LogP contribution in [-0.4, -0.2) is 24.0 Å². The average molecular weight is 291 g/mol. The smallest absolute Gasteiger partial charge is 0.231 e. The number of ether oxygens (including phenoxy) is 1. The molecule has 0 bridgehead atoms. The zero-order valence-electron chi connectivity index (χ0n) is 12.7. The summed E-state index contributed by atoms with van der Waals surface area (Å²) in [6.07, 6.45) is 7.92. The van der Waals surface area contributed by atoms with Crippen LogP contribution in [0.2, 0.25) is 0 Å². The minimum absolute atomic E-state index is 0.0258. The molecule has 0 unspecified atom stereocenters. The van der Waals surface area contributed by atoms with E-state index in [1.807, 2.05) is 13.0 Å². The van der Waals surface area contributed by atoms with Crippen molar-refractivity contribution in [1.82, 2.24) is 4.98 Å². The quantitative estimate of drug-likeness (QED) is 0.818. The van der Waals surface area contributed by atoms with Gasteiger partial charge >= 0.3 is 0 Å². The molecule has 5 nitrogen and oxygen atoms in total. The van der Waals surface area contributed by atoms with E-state index in [2.05, 4.69) is 10.3 Å². The van der Waals surface area contributed by atoms with Gasteiger partial charge in [0.1, 0.15) is 0 Å². The first kappa shape index (κ1) is 15.8. The van der Waals surface area contributed by atoms with E-state index >= 15 is 0 Å². The molecule has 0 atom stereocenters. The first-order valence-electron chi connectivity index (χ1n) is 7.80. The highest BCUT2D eigenvalue weighted by molar-refractivity contribution is 5.95. The third-order valence-electron chi connectivity index (χ3n) is 4.22. The fourth-order valence-corrected chi connectivity index (χ4v) is 2.88. The zero-order valence-corrected chi connectivity index (χ0v) is 12.7. The largest absolute Gasteiger partial charge is 0.478 e. The molecule has 0 aromatic carbocycles. The summed E-state index contributed by atoms with van der Waals surface area (Å²) in [7, 11) is 0. The number of nitrogens with two attached hydrogens (primary N) is 1. The number of nitrogens with one attached hydrogen (secondary N) is 1. The highest BCUT2D eigenvalue weighted by atomic mass is 16.5. The summed E-state index contributed by atoms with van der Waals surface area (Å²) in [6.45, 7) is 2.90. The van der Waals surface area contributed by atoms with Crippen molar-refractivity contribution in [2.24, 2.45) is 11.1 Å². The Morgan fingerprint density at radius 1 is 1.33 bits per heavy atom. The molecule has 0 aliphatic heterocycles. The van der Waals surface area contributed by atoms with Crippen LogP contribution in [0.3, 0.4) is 0 Å². The number of amides is 1. The second kappa shape index (κ2) is 7.41. The maximum absolute atomic E-state index is 12.6. The number of rotatable bonds is 5. The lowest BCUT2D eigenvalue weighted by atomic mass is 9.79. The van der Waals surface area contributed by atoms with Gasteiger partial charge in [0.25, 0.3) is 0 Å². The number of carbonyl (C=O) groups is 1. The number of nitrogens with zero attached hydrogens (tertiary/aromatic N) is 1. The lowest BCUT2D eigenvalue weighted by molar-refractivity contribution is -0.125. The normalized spacial score (nSPS) is 17.8. The van der Waals surface area contributed by atoms with Gasteiger partial charge in [-0.1, -0.05) is 25.7 Å². The van der Waals surface area contributed by atoms with E-state index in [-0.39, 0.29) is 5.91 Å². The van der Waals surface area contributed by atoms with E-state index in [1.165, 1.54) is 12.8 Å². The number of carbonyl (C=O) groups excluding carboxylic acids is 1. The van der Waals surface area contributed by atoms with Crippen molar-refractivity contribution in [3.63, 3.8) is 0 Å². The van der Waals surface area contributed by atoms with Gasteiger partial charge in [0, 0.05) is 12.6 Å². The van der Waals surface area contributed by atoms with Crippen LogP contribution in [0, 0.1) is 5.41 Å². The maximum Gasteiger partial charge on any atom is 0.231 e. The van der Waals surface area contributed by atoms with Crippen LogP contribution >= 0.6 is 0 Å². The zero-order chi connectivity index (χ0) is 15.1. The average Bonchev–Trinajstić information content (AvgIpc) is 2.76. The van der Waals surface area contributed by atoms with E-state index in [1.54, 1.807) is 12.3 Å². The predicted octanol–water partition coefficient (Wildman–Crippen LogP) is 2.72. The Hall–Kier alpha value is -1.62. The summed E-state index contributed by atoms with van der Waals surface area (Å²) < 4.78 is 5.30. The fourth-order valence-electron chi connectivity index (χ4n) is 2.88. The minimum Gasteiger partial charge on any atom is -0.478 e. The van der Waals surface area contributed by atoms with Crippen LogP contribution in [0.15, 0.2) is 18.3 Å². The molecular formula is C16H25N3O2. The monoisotopic (exact) mass is 291 g/mol. The van der Waals surface area contributed by atoms with Crippen molar-refractivity contribution in [3.8, 4) is 5.88 Å². The molecule has 1 heterocycles. The summed E-state index contributed by atoms with van der Waals surface area (Å²) >= 11 is 0. The molecule has 1 aliphatic carbocycles. The summed E-state index contributed by atoms with van der Waals surface area (Å²) in [4.78, 5) is 16.8. The lowest BCUT2D eigenvalue weighted by Crippen LogP contribution is -2.42.